The number of halogens is 2. The van der Waals surface area contributed by atoms with Gasteiger partial charge in [-0.15, -0.1) is 0 Å². The van der Waals surface area contributed by atoms with E-state index in [1.807, 2.05) is 17.0 Å². The summed E-state index contributed by atoms with van der Waals surface area (Å²) in [4.78, 5) is 13.5. The lowest BCUT2D eigenvalue weighted by Gasteiger charge is -2.25. The molecule has 0 saturated carbocycles. The molecule has 1 N–H and O–H groups in total. The van der Waals surface area contributed by atoms with Crippen molar-refractivity contribution >= 4 is 29.1 Å². The van der Waals surface area contributed by atoms with Crippen LogP contribution < -0.4 is 5.32 Å². The van der Waals surface area contributed by atoms with Crippen LogP contribution in [0.4, 0.5) is 0 Å². The second-order valence-corrected chi connectivity index (χ2v) is 6.24. The first-order valence-electron chi connectivity index (χ1n) is 6.96. The zero-order valence-corrected chi connectivity index (χ0v) is 13.3. The molecule has 2 unspecified atom stereocenters. The molecule has 0 radical (unpaired) electrons. The summed E-state index contributed by atoms with van der Waals surface area (Å²) in [5.74, 6) is 0.260. The predicted molar refractivity (Wildman–Crippen MR) is 83.3 cm³/mol. The van der Waals surface area contributed by atoms with Crippen LogP contribution in [0.3, 0.4) is 0 Å². The van der Waals surface area contributed by atoms with Crippen LogP contribution in [0.5, 0.6) is 0 Å². The lowest BCUT2D eigenvalue weighted by Crippen LogP contribution is -2.40. The van der Waals surface area contributed by atoms with Gasteiger partial charge in [-0.1, -0.05) is 29.3 Å². The van der Waals surface area contributed by atoms with Gasteiger partial charge in [0.2, 0.25) is 5.91 Å². The van der Waals surface area contributed by atoms with Crippen molar-refractivity contribution in [2.45, 2.75) is 38.8 Å². The summed E-state index contributed by atoms with van der Waals surface area (Å²) in [6.07, 6.45) is 1.66. The van der Waals surface area contributed by atoms with Crippen molar-refractivity contribution < 1.29 is 4.79 Å². The molecule has 0 aliphatic carbocycles. The summed E-state index contributed by atoms with van der Waals surface area (Å²) >= 11 is 12.1. The van der Waals surface area contributed by atoms with Gasteiger partial charge in [-0.05, 0) is 38.0 Å². The Hall–Kier alpha value is -0.770. The number of benzene rings is 1. The number of nitrogens with zero attached hydrogens (tertiary/aromatic N) is 1. The minimum absolute atomic E-state index is 0.118. The third-order valence-electron chi connectivity index (χ3n) is 3.63. The van der Waals surface area contributed by atoms with E-state index in [4.69, 9.17) is 23.2 Å². The smallest absolute Gasteiger partial charge is 0.222 e. The summed E-state index contributed by atoms with van der Waals surface area (Å²) in [7, 11) is 0. The quantitative estimate of drug-likeness (QED) is 0.899. The minimum atomic E-state index is 0.118. The molecule has 1 aromatic carbocycles. The summed E-state index contributed by atoms with van der Waals surface area (Å²) in [6.45, 7) is 5.78. The largest absolute Gasteiger partial charge is 0.341 e. The Bertz CT molecular complexity index is 493. The van der Waals surface area contributed by atoms with E-state index in [0.29, 0.717) is 16.5 Å². The Morgan fingerprint density at radius 3 is 2.70 bits per heavy atom. The molecule has 20 heavy (non-hydrogen) atoms. The molecular weight excluding hydrogens is 295 g/mol. The molecule has 110 valence electrons. The number of amides is 1. The van der Waals surface area contributed by atoms with Crippen LogP contribution in [0.1, 0.15) is 38.3 Å². The fraction of sp³-hybridized carbons (Fsp3) is 0.533. The average molecular weight is 315 g/mol. The van der Waals surface area contributed by atoms with E-state index in [1.165, 1.54) is 0 Å². The SMILES string of the molecule is CC(CN1CCCC1=O)NC(C)c1ccc(Cl)cc1Cl. The maximum absolute atomic E-state index is 11.6. The number of likely N-dealkylation sites (tertiary alicyclic amines) is 1. The Morgan fingerprint density at radius 1 is 1.35 bits per heavy atom. The van der Waals surface area contributed by atoms with Crippen LogP contribution in [-0.4, -0.2) is 29.9 Å². The lowest BCUT2D eigenvalue weighted by atomic mass is 10.1. The van der Waals surface area contributed by atoms with Gasteiger partial charge in [0.25, 0.3) is 0 Å². The molecule has 1 aromatic rings. The van der Waals surface area contributed by atoms with Gasteiger partial charge in [0.1, 0.15) is 0 Å². The Labute approximate surface area is 130 Å². The second kappa shape index (κ2) is 6.79. The second-order valence-electron chi connectivity index (χ2n) is 5.40. The van der Waals surface area contributed by atoms with E-state index in [0.717, 1.165) is 25.1 Å². The van der Waals surface area contributed by atoms with Crippen molar-refractivity contribution in [1.29, 1.82) is 0 Å². The third-order valence-corrected chi connectivity index (χ3v) is 4.19. The zero-order chi connectivity index (χ0) is 14.7. The van der Waals surface area contributed by atoms with Crippen molar-refractivity contribution in [3.05, 3.63) is 33.8 Å². The molecule has 3 nitrogen and oxygen atoms in total. The van der Waals surface area contributed by atoms with Crippen LogP contribution in [-0.2, 0) is 4.79 Å². The van der Waals surface area contributed by atoms with Gasteiger partial charge >= 0.3 is 0 Å². The molecule has 1 fully saturated rings. The highest BCUT2D eigenvalue weighted by atomic mass is 35.5. The molecule has 0 bridgehead atoms. The predicted octanol–water partition coefficient (Wildman–Crippen LogP) is 3.65. The fourth-order valence-corrected chi connectivity index (χ4v) is 3.22. The molecular formula is C15H20Cl2N2O. The lowest BCUT2D eigenvalue weighted by molar-refractivity contribution is -0.127. The molecule has 2 atom stereocenters. The topological polar surface area (TPSA) is 32.3 Å². The van der Waals surface area contributed by atoms with Crippen LogP contribution in [0.25, 0.3) is 0 Å². The van der Waals surface area contributed by atoms with Gasteiger partial charge in [0.15, 0.2) is 0 Å². The van der Waals surface area contributed by atoms with E-state index in [9.17, 15) is 4.79 Å². The van der Waals surface area contributed by atoms with Gasteiger partial charge in [-0.25, -0.2) is 0 Å². The van der Waals surface area contributed by atoms with E-state index >= 15 is 0 Å². The standard InChI is InChI=1S/C15H20Cl2N2O/c1-10(9-19-7-3-4-15(19)20)18-11(2)13-6-5-12(16)8-14(13)17/h5-6,8,10-11,18H,3-4,7,9H2,1-2H3. The van der Waals surface area contributed by atoms with Crippen molar-refractivity contribution in [3.8, 4) is 0 Å². The van der Waals surface area contributed by atoms with Crippen LogP contribution in [0.2, 0.25) is 10.0 Å². The van der Waals surface area contributed by atoms with E-state index in [2.05, 4.69) is 19.2 Å². The Morgan fingerprint density at radius 2 is 2.10 bits per heavy atom. The first-order chi connectivity index (χ1) is 9.47. The highest BCUT2D eigenvalue weighted by Gasteiger charge is 2.22. The number of carbonyl (C=O) groups excluding carboxylic acids is 1. The van der Waals surface area contributed by atoms with Gasteiger partial charge in [0.05, 0.1) is 0 Å². The van der Waals surface area contributed by atoms with Crippen molar-refractivity contribution in [1.82, 2.24) is 10.2 Å². The Kier molecular flexibility index (Phi) is 5.30. The maximum Gasteiger partial charge on any atom is 0.222 e. The van der Waals surface area contributed by atoms with Crippen LogP contribution >= 0.6 is 23.2 Å². The highest BCUT2D eigenvalue weighted by molar-refractivity contribution is 6.35. The first kappa shape index (κ1) is 15.6. The van der Waals surface area contributed by atoms with Crippen molar-refractivity contribution in [3.63, 3.8) is 0 Å². The molecule has 1 aliphatic heterocycles. The summed E-state index contributed by atoms with van der Waals surface area (Å²) in [6, 6.07) is 5.88. The highest BCUT2D eigenvalue weighted by Crippen LogP contribution is 2.26. The zero-order valence-electron chi connectivity index (χ0n) is 11.8. The molecule has 0 aromatic heterocycles. The van der Waals surface area contributed by atoms with Gasteiger partial charge in [-0.2, -0.15) is 0 Å². The number of carbonyl (C=O) groups is 1. The number of hydrogen-bond donors (Lipinski definition) is 1. The van der Waals surface area contributed by atoms with Gasteiger partial charge in [0, 0.05) is 41.6 Å². The summed E-state index contributed by atoms with van der Waals surface area (Å²) < 4.78 is 0. The fourth-order valence-electron chi connectivity index (χ4n) is 2.65. The molecule has 2 rings (SSSR count). The molecule has 5 heteroatoms. The average Bonchev–Trinajstić information content (AvgIpc) is 2.74. The van der Waals surface area contributed by atoms with E-state index in [-0.39, 0.29) is 18.0 Å². The monoisotopic (exact) mass is 314 g/mol. The van der Waals surface area contributed by atoms with Crippen LogP contribution in [0, 0.1) is 0 Å². The number of rotatable bonds is 5. The maximum atomic E-state index is 11.6. The van der Waals surface area contributed by atoms with E-state index < -0.39 is 0 Å². The van der Waals surface area contributed by atoms with Crippen molar-refractivity contribution in [2.75, 3.05) is 13.1 Å². The summed E-state index contributed by atoms with van der Waals surface area (Å²) in [5.41, 5.74) is 1.02. The van der Waals surface area contributed by atoms with Gasteiger partial charge < -0.3 is 10.2 Å². The molecule has 1 saturated heterocycles. The number of hydrogen-bond acceptors (Lipinski definition) is 2. The van der Waals surface area contributed by atoms with Gasteiger partial charge in [-0.3, -0.25) is 4.79 Å². The normalized spacial score (nSPS) is 18.4. The Balaban J connectivity index is 1.93. The number of nitrogens with one attached hydrogen (secondary N) is 1. The molecule has 0 spiro atoms. The third kappa shape index (κ3) is 3.87. The minimum Gasteiger partial charge on any atom is -0.341 e. The van der Waals surface area contributed by atoms with Crippen LogP contribution in [0.15, 0.2) is 18.2 Å². The van der Waals surface area contributed by atoms with Crippen molar-refractivity contribution in [2.24, 2.45) is 0 Å². The molecule has 1 aliphatic rings. The first-order valence-corrected chi connectivity index (χ1v) is 7.71. The van der Waals surface area contributed by atoms with E-state index in [1.54, 1.807) is 6.07 Å². The molecule has 1 heterocycles. The summed E-state index contributed by atoms with van der Waals surface area (Å²) in [5, 5.41) is 4.79. The molecule has 1 amide bonds.